The minimum Gasteiger partial charge on any atom is -0.396 e. The van der Waals surface area contributed by atoms with Crippen molar-refractivity contribution in [1.29, 1.82) is 0 Å². The highest BCUT2D eigenvalue weighted by Gasteiger charge is 2.10. The second-order valence-electron chi connectivity index (χ2n) is 4.85. The Morgan fingerprint density at radius 1 is 1.13 bits per heavy atom. The first-order valence-corrected chi connectivity index (χ1v) is 7.15. The van der Waals surface area contributed by atoms with Gasteiger partial charge in [0.1, 0.15) is 17.5 Å². The van der Waals surface area contributed by atoms with Gasteiger partial charge in [-0.3, -0.25) is 0 Å². The Morgan fingerprint density at radius 3 is 2.70 bits per heavy atom. The van der Waals surface area contributed by atoms with Crippen LogP contribution in [-0.2, 0) is 0 Å². The molecule has 23 heavy (non-hydrogen) atoms. The van der Waals surface area contributed by atoms with Crippen LogP contribution >= 0.6 is 11.6 Å². The van der Waals surface area contributed by atoms with Crippen LogP contribution in [0.25, 0.3) is 11.3 Å². The van der Waals surface area contributed by atoms with Crippen molar-refractivity contribution in [2.45, 2.75) is 6.92 Å². The number of nitrogens with one attached hydrogen (secondary N) is 1. The summed E-state index contributed by atoms with van der Waals surface area (Å²) < 4.78 is 0. The Labute approximate surface area is 137 Å². The molecule has 0 spiro atoms. The quantitative estimate of drug-likeness (QED) is 0.633. The normalized spacial score (nSPS) is 10.5. The molecule has 3 heterocycles. The minimum absolute atomic E-state index is 0.260. The van der Waals surface area contributed by atoms with E-state index in [1.807, 2.05) is 12.1 Å². The molecule has 0 saturated carbocycles. The van der Waals surface area contributed by atoms with Crippen LogP contribution in [0.3, 0.4) is 0 Å². The minimum atomic E-state index is 0.260. The zero-order chi connectivity index (χ0) is 16.4. The average Bonchev–Trinajstić information content (AvgIpc) is 2.50. The standard InChI is InChI=1S/C15H14ClN7/c1-8-21-12(6-13(18)22-8)10-3-2-4-19-15(10)23-9-5-11(17)14(16)20-7-9/h2-7H,17H2,1H3,(H,19,23)(H2,18,21,22). The molecule has 0 atom stereocenters. The maximum atomic E-state index is 5.84. The van der Waals surface area contributed by atoms with Crippen molar-refractivity contribution in [2.24, 2.45) is 0 Å². The monoisotopic (exact) mass is 327 g/mol. The molecule has 0 fully saturated rings. The first-order valence-electron chi connectivity index (χ1n) is 6.77. The Hall–Kier alpha value is -2.93. The number of halogens is 1. The molecule has 0 unspecified atom stereocenters. The molecule has 7 nitrogen and oxygen atoms in total. The highest BCUT2D eigenvalue weighted by molar-refractivity contribution is 6.31. The van der Waals surface area contributed by atoms with E-state index in [1.54, 1.807) is 31.5 Å². The summed E-state index contributed by atoms with van der Waals surface area (Å²) in [6, 6.07) is 7.10. The van der Waals surface area contributed by atoms with E-state index in [-0.39, 0.29) is 5.15 Å². The van der Waals surface area contributed by atoms with Crippen molar-refractivity contribution < 1.29 is 0 Å². The number of hydrogen-bond acceptors (Lipinski definition) is 7. The van der Waals surface area contributed by atoms with Gasteiger partial charge >= 0.3 is 0 Å². The van der Waals surface area contributed by atoms with Crippen LogP contribution in [0.1, 0.15) is 5.82 Å². The molecule has 0 aliphatic rings. The molecule has 116 valence electrons. The number of aromatic nitrogens is 4. The predicted molar refractivity (Wildman–Crippen MR) is 91.4 cm³/mol. The van der Waals surface area contributed by atoms with Crippen molar-refractivity contribution in [2.75, 3.05) is 16.8 Å². The summed E-state index contributed by atoms with van der Waals surface area (Å²) in [6.45, 7) is 1.78. The van der Waals surface area contributed by atoms with E-state index in [0.29, 0.717) is 34.5 Å². The highest BCUT2D eigenvalue weighted by Crippen LogP contribution is 2.29. The Bertz CT molecular complexity index is 846. The van der Waals surface area contributed by atoms with Gasteiger partial charge in [-0.15, -0.1) is 0 Å². The van der Waals surface area contributed by atoms with Gasteiger partial charge in [-0.05, 0) is 25.1 Å². The molecule has 5 N–H and O–H groups in total. The zero-order valence-electron chi connectivity index (χ0n) is 12.3. The summed E-state index contributed by atoms with van der Waals surface area (Å²) in [5.41, 5.74) is 14.1. The van der Waals surface area contributed by atoms with Crippen LogP contribution in [-0.4, -0.2) is 19.9 Å². The van der Waals surface area contributed by atoms with E-state index >= 15 is 0 Å². The Morgan fingerprint density at radius 2 is 1.96 bits per heavy atom. The van der Waals surface area contributed by atoms with Crippen molar-refractivity contribution in [1.82, 2.24) is 19.9 Å². The molecule has 0 radical (unpaired) electrons. The maximum Gasteiger partial charge on any atom is 0.152 e. The van der Waals surface area contributed by atoms with Gasteiger partial charge < -0.3 is 16.8 Å². The fourth-order valence-electron chi connectivity index (χ4n) is 2.11. The molecule has 0 bridgehead atoms. The lowest BCUT2D eigenvalue weighted by Gasteiger charge is -2.11. The highest BCUT2D eigenvalue weighted by atomic mass is 35.5. The van der Waals surface area contributed by atoms with Gasteiger partial charge in [0.15, 0.2) is 5.15 Å². The summed E-state index contributed by atoms with van der Waals surface area (Å²) in [7, 11) is 0. The van der Waals surface area contributed by atoms with Gasteiger partial charge in [0.2, 0.25) is 0 Å². The number of rotatable bonds is 3. The number of nitrogens with zero attached hydrogens (tertiary/aromatic N) is 4. The summed E-state index contributed by atoms with van der Waals surface area (Å²) in [6.07, 6.45) is 3.26. The van der Waals surface area contributed by atoms with E-state index in [2.05, 4.69) is 25.3 Å². The summed E-state index contributed by atoms with van der Waals surface area (Å²) in [5, 5.41) is 3.42. The molecule has 0 aliphatic carbocycles. The lowest BCUT2D eigenvalue weighted by Crippen LogP contribution is -2.01. The lowest BCUT2D eigenvalue weighted by atomic mass is 10.1. The van der Waals surface area contributed by atoms with E-state index < -0.39 is 0 Å². The third kappa shape index (κ3) is 3.29. The summed E-state index contributed by atoms with van der Waals surface area (Å²) >= 11 is 5.84. The molecule has 0 amide bonds. The molecule has 0 aromatic carbocycles. The largest absolute Gasteiger partial charge is 0.396 e. The first kappa shape index (κ1) is 15.0. The molecule has 0 aliphatic heterocycles. The van der Waals surface area contributed by atoms with Gasteiger partial charge in [-0.1, -0.05) is 11.6 Å². The van der Waals surface area contributed by atoms with Gasteiger partial charge in [0, 0.05) is 17.8 Å². The topological polar surface area (TPSA) is 116 Å². The third-order valence-electron chi connectivity index (χ3n) is 3.07. The zero-order valence-corrected chi connectivity index (χ0v) is 13.0. The molecule has 3 aromatic heterocycles. The maximum absolute atomic E-state index is 5.84. The molecule has 8 heteroatoms. The van der Waals surface area contributed by atoms with Crippen molar-refractivity contribution in [3.8, 4) is 11.3 Å². The predicted octanol–water partition coefficient (Wildman–Crippen LogP) is 2.80. The molecular formula is C15H14ClN7. The molecular weight excluding hydrogens is 314 g/mol. The smallest absolute Gasteiger partial charge is 0.152 e. The summed E-state index contributed by atoms with van der Waals surface area (Å²) in [5.74, 6) is 1.60. The first-order chi connectivity index (χ1) is 11.0. The lowest BCUT2D eigenvalue weighted by molar-refractivity contribution is 1.06. The molecule has 3 aromatic rings. The Balaban J connectivity index is 2.02. The van der Waals surface area contributed by atoms with Crippen LogP contribution in [0.15, 0.2) is 36.7 Å². The third-order valence-corrected chi connectivity index (χ3v) is 3.39. The van der Waals surface area contributed by atoms with Gasteiger partial charge in [-0.25, -0.2) is 19.9 Å². The number of hydrogen-bond donors (Lipinski definition) is 3. The molecule has 3 rings (SSSR count). The van der Waals surface area contributed by atoms with E-state index in [9.17, 15) is 0 Å². The fraction of sp³-hybridized carbons (Fsp3) is 0.0667. The Kier molecular flexibility index (Phi) is 3.94. The number of anilines is 4. The second kappa shape index (κ2) is 6.05. The average molecular weight is 328 g/mol. The fourth-order valence-corrected chi connectivity index (χ4v) is 2.21. The molecule has 0 saturated heterocycles. The van der Waals surface area contributed by atoms with Crippen molar-refractivity contribution in [3.05, 3.63) is 47.6 Å². The van der Waals surface area contributed by atoms with Gasteiger partial charge in [-0.2, -0.15) is 0 Å². The number of nitrogen functional groups attached to an aromatic ring is 2. The number of pyridine rings is 2. The van der Waals surface area contributed by atoms with Crippen LogP contribution in [0.5, 0.6) is 0 Å². The van der Waals surface area contributed by atoms with Gasteiger partial charge in [0.05, 0.1) is 23.3 Å². The number of nitrogens with two attached hydrogens (primary N) is 2. The number of aryl methyl sites for hydroxylation is 1. The van der Waals surface area contributed by atoms with Crippen molar-refractivity contribution in [3.63, 3.8) is 0 Å². The summed E-state index contributed by atoms with van der Waals surface area (Å²) in [4.78, 5) is 16.8. The van der Waals surface area contributed by atoms with Gasteiger partial charge in [0.25, 0.3) is 0 Å². The van der Waals surface area contributed by atoms with Crippen LogP contribution in [0.2, 0.25) is 5.15 Å². The van der Waals surface area contributed by atoms with E-state index in [4.69, 9.17) is 23.1 Å². The van der Waals surface area contributed by atoms with Crippen LogP contribution in [0.4, 0.5) is 23.0 Å². The van der Waals surface area contributed by atoms with E-state index in [0.717, 1.165) is 5.56 Å². The van der Waals surface area contributed by atoms with E-state index in [1.165, 1.54) is 0 Å². The van der Waals surface area contributed by atoms with Crippen LogP contribution in [0, 0.1) is 6.92 Å². The van der Waals surface area contributed by atoms with Crippen molar-refractivity contribution >= 4 is 34.6 Å². The SMILES string of the molecule is Cc1nc(N)cc(-c2cccnc2Nc2cnc(Cl)c(N)c2)n1. The van der Waals surface area contributed by atoms with Crippen LogP contribution < -0.4 is 16.8 Å². The second-order valence-corrected chi connectivity index (χ2v) is 5.21.